The van der Waals surface area contributed by atoms with E-state index < -0.39 is 0 Å². The second-order valence-corrected chi connectivity index (χ2v) is 8.40. The van der Waals surface area contributed by atoms with Crippen molar-refractivity contribution in [1.29, 1.82) is 0 Å². The Bertz CT molecular complexity index is 955. The maximum Gasteiger partial charge on any atom is 0.253 e. The van der Waals surface area contributed by atoms with E-state index in [1.54, 1.807) is 38.4 Å². The van der Waals surface area contributed by atoms with Crippen molar-refractivity contribution in [2.75, 3.05) is 25.2 Å². The number of thioether (sulfide) groups is 1. The number of aromatic nitrogens is 1. The maximum atomic E-state index is 12.1. The van der Waals surface area contributed by atoms with E-state index >= 15 is 0 Å². The number of thiazole rings is 1. The number of nitrogens with zero attached hydrogens (tertiary/aromatic N) is 2. The molecule has 2 aromatic carbocycles. The number of benzene rings is 2. The molecule has 8 heteroatoms. The summed E-state index contributed by atoms with van der Waals surface area (Å²) in [7, 11) is 3.40. The van der Waals surface area contributed by atoms with E-state index in [1.165, 1.54) is 28.0 Å². The smallest absolute Gasteiger partial charge is 0.253 e. The molecule has 0 aliphatic heterocycles. The maximum absolute atomic E-state index is 12.1. The van der Waals surface area contributed by atoms with Crippen LogP contribution in [0.1, 0.15) is 10.4 Å². The average molecular weight is 406 g/mol. The predicted molar refractivity (Wildman–Crippen MR) is 108 cm³/mol. The first-order chi connectivity index (χ1) is 12.4. The van der Waals surface area contributed by atoms with Crippen molar-refractivity contribution in [3.05, 3.63) is 53.1 Å². The molecule has 0 atom stereocenters. The summed E-state index contributed by atoms with van der Waals surface area (Å²) >= 11 is 8.88. The molecule has 0 spiro atoms. The van der Waals surface area contributed by atoms with Gasteiger partial charge in [-0.1, -0.05) is 23.4 Å². The van der Waals surface area contributed by atoms with Crippen molar-refractivity contribution in [3.63, 3.8) is 0 Å². The van der Waals surface area contributed by atoms with Crippen LogP contribution in [0, 0.1) is 0 Å². The molecule has 3 aromatic rings. The number of rotatable bonds is 5. The summed E-state index contributed by atoms with van der Waals surface area (Å²) in [4.78, 5) is 30.0. The minimum absolute atomic E-state index is 0.0747. The Labute approximate surface area is 164 Å². The van der Waals surface area contributed by atoms with Gasteiger partial charge in [0.25, 0.3) is 5.91 Å². The van der Waals surface area contributed by atoms with Crippen LogP contribution in [-0.2, 0) is 4.79 Å². The van der Waals surface area contributed by atoms with Gasteiger partial charge in [-0.3, -0.25) is 9.59 Å². The third-order valence-electron chi connectivity index (χ3n) is 3.48. The Kier molecular flexibility index (Phi) is 5.80. The summed E-state index contributed by atoms with van der Waals surface area (Å²) < 4.78 is 1.86. The van der Waals surface area contributed by atoms with Crippen molar-refractivity contribution in [3.8, 4) is 0 Å². The monoisotopic (exact) mass is 405 g/mol. The van der Waals surface area contributed by atoms with Gasteiger partial charge in [-0.25, -0.2) is 4.98 Å². The van der Waals surface area contributed by atoms with Crippen LogP contribution in [-0.4, -0.2) is 41.5 Å². The lowest BCUT2D eigenvalue weighted by molar-refractivity contribution is -0.113. The fourth-order valence-corrected chi connectivity index (χ4v) is 4.24. The summed E-state index contributed by atoms with van der Waals surface area (Å²) in [5.41, 5.74) is 2.07. The van der Waals surface area contributed by atoms with Crippen LogP contribution in [0.3, 0.4) is 0 Å². The molecule has 0 fully saturated rings. The van der Waals surface area contributed by atoms with Crippen LogP contribution < -0.4 is 5.32 Å². The molecule has 1 aromatic heterocycles. The number of anilines is 1. The van der Waals surface area contributed by atoms with Gasteiger partial charge in [-0.2, -0.15) is 0 Å². The molecule has 1 heterocycles. The van der Waals surface area contributed by atoms with E-state index in [2.05, 4.69) is 10.3 Å². The molecule has 0 saturated carbocycles. The number of hydrogen-bond acceptors (Lipinski definition) is 5. The van der Waals surface area contributed by atoms with Gasteiger partial charge in [0.1, 0.15) is 0 Å². The number of amides is 2. The summed E-state index contributed by atoms with van der Waals surface area (Å²) in [6.07, 6.45) is 0. The summed E-state index contributed by atoms with van der Waals surface area (Å²) in [6.45, 7) is 0. The molecule has 0 radical (unpaired) electrons. The number of fused-ring (bicyclic) bond motifs is 1. The van der Waals surface area contributed by atoms with Gasteiger partial charge in [0.05, 0.1) is 16.0 Å². The molecule has 1 N–H and O–H groups in total. The average Bonchev–Trinajstić information content (AvgIpc) is 3.02. The van der Waals surface area contributed by atoms with Gasteiger partial charge >= 0.3 is 0 Å². The molecular weight excluding hydrogens is 390 g/mol. The number of carbonyl (C=O) groups excluding carboxylic acids is 2. The van der Waals surface area contributed by atoms with Crippen molar-refractivity contribution < 1.29 is 9.59 Å². The minimum atomic E-state index is -0.126. The highest BCUT2D eigenvalue weighted by Crippen LogP contribution is 2.31. The Morgan fingerprint density at radius 3 is 2.62 bits per heavy atom. The van der Waals surface area contributed by atoms with E-state index in [0.717, 1.165) is 14.6 Å². The van der Waals surface area contributed by atoms with Gasteiger partial charge in [-0.15, -0.1) is 11.3 Å². The first-order valence-electron chi connectivity index (χ1n) is 7.73. The minimum Gasteiger partial charge on any atom is -0.345 e. The molecule has 0 unspecified atom stereocenters. The molecular formula is C18H16ClN3O2S2. The fourth-order valence-electron chi connectivity index (χ4n) is 2.22. The number of nitrogens with one attached hydrogen (secondary N) is 1. The van der Waals surface area contributed by atoms with Gasteiger partial charge in [0.15, 0.2) is 4.34 Å². The lowest BCUT2D eigenvalue weighted by Crippen LogP contribution is -2.21. The quantitative estimate of drug-likeness (QED) is 0.640. The standard InChI is InChI=1S/C18H16ClN3O2S2/c1-22(2)17(24)11-3-6-13(7-4-11)20-16(23)10-25-18-21-14-9-12(19)5-8-15(14)26-18/h3-9H,10H2,1-2H3,(H,20,23). The van der Waals surface area contributed by atoms with Gasteiger partial charge in [0, 0.05) is 30.4 Å². The van der Waals surface area contributed by atoms with Gasteiger partial charge < -0.3 is 10.2 Å². The second-order valence-electron chi connectivity index (χ2n) is 5.71. The van der Waals surface area contributed by atoms with Crippen LogP contribution in [0.5, 0.6) is 0 Å². The molecule has 26 heavy (non-hydrogen) atoms. The summed E-state index contributed by atoms with van der Waals surface area (Å²) in [5, 5.41) is 3.47. The van der Waals surface area contributed by atoms with Crippen molar-refractivity contribution in [2.45, 2.75) is 4.34 Å². The number of halogens is 1. The zero-order valence-corrected chi connectivity index (χ0v) is 16.5. The lowest BCUT2D eigenvalue weighted by atomic mass is 10.2. The highest BCUT2D eigenvalue weighted by Gasteiger charge is 2.10. The lowest BCUT2D eigenvalue weighted by Gasteiger charge is -2.10. The zero-order chi connectivity index (χ0) is 18.7. The summed E-state index contributed by atoms with van der Waals surface area (Å²) in [6, 6.07) is 12.4. The van der Waals surface area contributed by atoms with Crippen LogP contribution in [0.4, 0.5) is 5.69 Å². The van der Waals surface area contributed by atoms with E-state index in [-0.39, 0.29) is 17.6 Å². The number of hydrogen-bond donors (Lipinski definition) is 1. The van der Waals surface area contributed by atoms with Crippen LogP contribution in [0.2, 0.25) is 5.02 Å². The van der Waals surface area contributed by atoms with Crippen molar-refractivity contribution in [2.24, 2.45) is 0 Å². The molecule has 5 nitrogen and oxygen atoms in total. The van der Waals surface area contributed by atoms with E-state index in [1.807, 2.05) is 18.2 Å². The van der Waals surface area contributed by atoms with Gasteiger partial charge in [-0.05, 0) is 42.5 Å². The SMILES string of the molecule is CN(C)C(=O)c1ccc(NC(=O)CSc2nc3cc(Cl)ccc3s2)cc1. The second kappa shape index (κ2) is 8.07. The Hall–Kier alpha value is -2.09. The van der Waals surface area contributed by atoms with Crippen LogP contribution in [0.15, 0.2) is 46.8 Å². The molecule has 3 rings (SSSR count). The molecule has 0 aliphatic rings. The first kappa shape index (κ1) is 18.7. The molecule has 0 aliphatic carbocycles. The zero-order valence-electron chi connectivity index (χ0n) is 14.2. The third-order valence-corrected chi connectivity index (χ3v) is 5.89. The Morgan fingerprint density at radius 2 is 1.92 bits per heavy atom. The number of carbonyl (C=O) groups is 2. The van der Waals surface area contributed by atoms with Crippen LogP contribution in [0.25, 0.3) is 10.2 Å². The normalized spacial score (nSPS) is 10.7. The fraction of sp³-hybridized carbons (Fsp3) is 0.167. The van der Waals surface area contributed by atoms with Crippen LogP contribution >= 0.6 is 34.7 Å². The highest BCUT2D eigenvalue weighted by atomic mass is 35.5. The predicted octanol–water partition coefficient (Wildman–Crippen LogP) is 4.38. The third kappa shape index (κ3) is 4.55. The molecule has 0 saturated heterocycles. The van der Waals surface area contributed by atoms with Crippen molar-refractivity contribution in [1.82, 2.24) is 9.88 Å². The molecule has 0 bridgehead atoms. The summed E-state index contributed by atoms with van der Waals surface area (Å²) in [5.74, 6) is 0.0553. The Morgan fingerprint density at radius 1 is 1.19 bits per heavy atom. The van der Waals surface area contributed by atoms with E-state index in [4.69, 9.17) is 11.6 Å². The molecule has 2 amide bonds. The van der Waals surface area contributed by atoms with Crippen molar-refractivity contribution >= 4 is 62.4 Å². The Balaban J connectivity index is 1.57. The topological polar surface area (TPSA) is 62.3 Å². The van der Waals surface area contributed by atoms with E-state index in [0.29, 0.717) is 16.3 Å². The van der Waals surface area contributed by atoms with E-state index in [9.17, 15) is 9.59 Å². The van der Waals surface area contributed by atoms with Gasteiger partial charge in [0.2, 0.25) is 5.91 Å². The highest BCUT2D eigenvalue weighted by molar-refractivity contribution is 8.01. The largest absolute Gasteiger partial charge is 0.345 e. The molecule has 134 valence electrons. The first-order valence-corrected chi connectivity index (χ1v) is 9.91.